The number of hydrogen-bond donors (Lipinski definition) is 1. The predicted octanol–water partition coefficient (Wildman–Crippen LogP) is 5.53. The highest BCUT2D eigenvalue weighted by Gasteiger charge is 2.11. The summed E-state index contributed by atoms with van der Waals surface area (Å²) < 4.78 is 2.28. The van der Waals surface area contributed by atoms with Gasteiger partial charge < -0.3 is 14.7 Å². The minimum Gasteiger partial charge on any atom is -0.386 e. The Labute approximate surface area is 179 Å². The second kappa shape index (κ2) is 9.05. The van der Waals surface area contributed by atoms with Gasteiger partial charge in [0.05, 0.1) is 6.21 Å². The van der Waals surface area contributed by atoms with Gasteiger partial charge in [0.1, 0.15) is 0 Å². The molecule has 0 bridgehead atoms. The van der Waals surface area contributed by atoms with Crippen LogP contribution in [-0.2, 0) is 16.2 Å². The molecule has 30 heavy (non-hydrogen) atoms. The van der Waals surface area contributed by atoms with E-state index in [2.05, 4.69) is 34.1 Å². The molecule has 0 unspecified atom stereocenters. The molecule has 1 heterocycles. The normalized spacial score (nSPS) is 11.4. The van der Waals surface area contributed by atoms with Gasteiger partial charge in [-0.3, -0.25) is 4.79 Å². The lowest BCUT2D eigenvalue weighted by Gasteiger charge is -2.06. The minimum absolute atomic E-state index is 0.145. The average Bonchev–Trinajstić information content (AvgIpc) is 3.10. The summed E-state index contributed by atoms with van der Waals surface area (Å²) in [5, 5.41) is 9.08. The van der Waals surface area contributed by atoms with Crippen LogP contribution in [0, 0.1) is 0 Å². The largest absolute Gasteiger partial charge is 0.386 e. The summed E-state index contributed by atoms with van der Waals surface area (Å²) in [6, 6.07) is 22.2. The van der Waals surface area contributed by atoms with E-state index in [0.717, 1.165) is 28.7 Å². The number of aromatic nitrogens is 1. The lowest BCUT2D eigenvalue weighted by molar-refractivity contribution is -0.120. The summed E-state index contributed by atoms with van der Waals surface area (Å²) >= 11 is 1.68. The van der Waals surface area contributed by atoms with E-state index >= 15 is 0 Å². The molecule has 3 aromatic carbocycles. The number of fused-ring (bicyclic) bond motifs is 3. The second-order valence-corrected chi connectivity index (χ2v) is 7.70. The Morgan fingerprint density at radius 3 is 2.60 bits per heavy atom. The number of benzene rings is 3. The molecule has 0 fully saturated rings. The van der Waals surface area contributed by atoms with E-state index in [-0.39, 0.29) is 12.5 Å². The molecule has 0 radical (unpaired) electrons. The molecule has 5 nitrogen and oxygen atoms in total. The lowest BCUT2D eigenvalue weighted by atomic mass is 10.1. The molecule has 1 N–H and O–H groups in total. The highest BCUT2D eigenvalue weighted by molar-refractivity contribution is 7.98. The van der Waals surface area contributed by atoms with Crippen molar-refractivity contribution in [3.05, 3.63) is 72.3 Å². The number of amides is 1. The number of anilines is 1. The van der Waals surface area contributed by atoms with Crippen LogP contribution in [0.4, 0.5) is 5.69 Å². The highest BCUT2D eigenvalue weighted by Crippen LogP contribution is 2.30. The Kier molecular flexibility index (Phi) is 6.05. The monoisotopic (exact) mass is 417 g/mol. The van der Waals surface area contributed by atoms with Gasteiger partial charge in [-0.1, -0.05) is 35.5 Å². The Morgan fingerprint density at radius 1 is 1.07 bits per heavy atom. The fraction of sp³-hybridized carbons (Fsp3) is 0.167. The van der Waals surface area contributed by atoms with Crippen molar-refractivity contribution >= 4 is 51.4 Å². The standard InChI is InChI=1S/C24H23N3O2S/c1-3-27-22-7-5-4-6-20(22)21-14-18(10-13-23(21)27)26-24(28)16-29-25-15-17-8-11-19(30-2)12-9-17/h4-15H,3,16H2,1-2H3,(H,26,28). The molecule has 0 aliphatic heterocycles. The zero-order valence-corrected chi connectivity index (χ0v) is 17.8. The Hall–Kier alpha value is -3.25. The van der Waals surface area contributed by atoms with E-state index in [1.807, 2.05) is 60.9 Å². The molecule has 0 saturated heterocycles. The third kappa shape index (κ3) is 4.19. The van der Waals surface area contributed by atoms with Crippen LogP contribution in [-0.4, -0.2) is 29.6 Å². The first kappa shape index (κ1) is 20.0. The third-order valence-corrected chi connectivity index (χ3v) is 5.70. The molecule has 1 aromatic heterocycles. The Balaban J connectivity index is 1.41. The van der Waals surface area contributed by atoms with Gasteiger partial charge in [-0.05, 0) is 55.1 Å². The van der Waals surface area contributed by atoms with Crippen molar-refractivity contribution in [2.24, 2.45) is 5.16 Å². The number of hydrogen-bond acceptors (Lipinski definition) is 4. The molecular formula is C24H23N3O2S. The molecule has 152 valence electrons. The van der Waals surface area contributed by atoms with E-state index in [0.29, 0.717) is 0 Å². The van der Waals surface area contributed by atoms with Crippen LogP contribution < -0.4 is 5.32 Å². The van der Waals surface area contributed by atoms with Crippen LogP contribution in [0.15, 0.2) is 76.8 Å². The van der Waals surface area contributed by atoms with Crippen molar-refractivity contribution in [3.63, 3.8) is 0 Å². The molecular weight excluding hydrogens is 394 g/mol. The molecule has 0 aliphatic rings. The van der Waals surface area contributed by atoms with Crippen LogP contribution in [0.25, 0.3) is 21.8 Å². The van der Waals surface area contributed by atoms with E-state index < -0.39 is 0 Å². The van der Waals surface area contributed by atoms with Gasteiger partial charge >= 0.3 is 0 Å². The number of rotatable bonds is 7. The minimum atomic E-state index is -0.247. The summed E-state index contributed by atoms with van der Waals surface area (Å²) in [6.07, 6.45) is 3.63. The van der Waals surface area contributed by atoms with Gasteiger partial charge in [-0.2, -0.15) is 0 Å². The molecule has 4 aromatic rings. The molecule has 0 aliphatic carbocycles. The van der Waals surface area contributed by atoms with E-state index in [4.69, 9.17) is 4.84 Å². The van der Waals surface area contributed by atoms with Crippen molar-refractivity contribution < 1.29 is 9.63 Å². The van der Waals surface area contributed by atoms with E-state index in [9.17, 15) is 4.79 Å². The molecule has 0 spiro atoms. The van der Waals surface area contributed by atoms with Gasteiger partial charge in [-0.25, -0.2) is 0 Å². The quantitative estimate of drug-likeness (QED) is 0.244. The molecule has 1 amide bonds. The van der Waals surface area contributed by atoms with Gasteiger partial charge in [-0.15, -0.1) is 11.8 Å². The maximum absolute atomic E-state index is 12.3. The lowest BCUT2D eigenvalue weighted by Crippen LogP contribution is -2.16. The first-order valence-electron chi connectivity index (χ1n) is 9.80. The maximum atomic E-state index is 12.3. The highest BCUT2D eigenvalue weighted by atomic mass is 32.2. The molecule has 0 atom stereocenters. The fourth-order valence-electron chi connectivity index (χ4n) is 3.55. The van der Waals surface area contributed by atoms with Gasteiger partial charge in [0.15, 0.2) is 6.61 Å². The summed E-state index contributed by atoms with van der Waals surface area (Å²) in [7, 11) is 0. The van der Waals surface area contributed by atoms with Crippen molar-refractivity contribution in [1.29, 1.82) is 0 Å². The number of para-hydroxylation sites is 1. The second-order valence-electron chi connectivity index (χ2n) is 6.82. The summed E-state index contributed by atoms with van der Waals surface area (Å²) in [5.74, 6) is -0.247. The maximum Gasteiger partial charge on any atom is 0.265 e. The first-order chi connectivity index (χ1) is 14.7. The van der Waals surface area contributed by atoms with Crippen LogP contribution >= 0.6 is 11.8 Å². The SMILES string of the molecule is CCn1c2ccccc2c2cc(NC(=O)CON=Cc3ccc(SC)cc3)ccc21. The number of oxime groups is 1. The zero-order valence-electron chi connectivity index (χ0n) is 17.0. The van der Waals surface area contributed by atoms with Crippen molar-refractivity contribution in [1.82, 2.24) is 4.57 Å². The fourth-order valence-corrected chi connectivity index (χ4v) is 3.96. The number of aryl methyl sites for hydroxylation is 1. The van der Waals surface area contributed by atoms with Crippen molar-refractivity contribution in [3.8, 4) is 0 Å². The number of nitrogens with one attached hydrogen (secondary N) is 1. The van der Waals surface area contributed by atoms with Gasteiger partial charge in [0, 0.05) is 38.9 Å². The number of thioether (sulfide) groups is 1. The van der Waals surface area contributed by atoms with E-state index in [1.54, 1.807) is 18.0 Å². The smallest absolute Gasteiger partial charge is 0.265 e. The first-order valence-corrected chi connectivity index (χ1v) is 11.0. The predicted molar refractivity (Wildman–Crippen MR) is 126 cm³/mol. The molecule has 6 heteroatoms. The van der Waals surface area contributed by atoms with Crippen LogP contribution in [0.1, 0.15) is 12.5 Å². The topological polar surface area (TPSA) is 55.6 Å². The van der Waals surface area contributed by atoms with Crippen LogP contribution in [0.3, 0.4) is 0 Å². The van der Waals surface area contributed by atoms with E-state index in [1.165, 1.54) is 15.8 Å². The van der Waals surface area contributed by atoms with Crippen LogP contribution in [0.2, 0.25) is 0 Å². The number of carbonyl (C=O) groups is 1. The van der Waals surface area contributed by atoms with Gasteiger partial charge in [0.2, 0.25) is 0 Å². The van der Waals surface area contributed by atoms with Gasteiger partial charge in [0.25, 0.3) is 5.91 Å². The van der Waals surface area contributed by atoms with Crippen molar-refractivity contribution in [2.75, 3.05) is 18.2 Å². The van der Waals surface area contributed by atoms with Crippen LogP contribution in [0.5, 0.6) is 0 Å². The van der Waals surface area contributed by atoms with Crippen molar-refractivity contribution in [2.45, 2.75) is 18.4 Å². The zero-order chi connectivity index (χ0) is 20.9. The summed E-state index contributed by atoms with van der Waals surface area (Å²) in [6.45, 7) is 2.88. The summed E-state index contributed by atoms with van der Waals surface area (Å²) in [5.41, 5.74) is 4.02. The number of carbonyl (C=O) groups excluding carboxylic acids is 1. The summed E-state index contributed by atoms with van der Waals surface area (Å²) in [4.78, 5) is 18.6. The average molecular weight is 418 g/mol. The number of nitrogens with zero attached hydrogens (tertiary/aromatic N) is 2. The molecule has 0 saturated carbocycles. The Bertz CT molecular complexity index is 1210. The third-order valence-electron chi connectivity index (χ3n) is 4.96. The Morgan fingerprint density at radius 2 is 1.83 bits per heavy atom. The molecule has 4 rings (SSSR count).